The Morgan fingerprint density at radius 2 is 1.79 bits per heavy atom. The highest BCUT2D eigenvalue weighted by Crippen LogP contribution is 2.18. The van der Waals surface area contributed by atoms with Crippen LogP contribution < -0.4 is 5.32 Å². The van der Waals surface area contributed by atoms with Crippen LogP contribution in [0.5, 0.6) is 0 Å². The van der Waals surface area contributed by atoms with E-state index in [1.165, 1.54) is 58.7 Å². The van der Waals surface area contributed by atoms with E-state index in [0.29, 0.717) is 6.04 Å². The van der Waals surface area contributed by atoms with Crippen molar-refractivity contribution in [2.45, 2.75) is 25.8 Å². The second kappa shape index (κ2) is 7.58. The molecule has 0 radical (unpaired) electrons. The quantitative estimate of drug-likeness (QED) is 0.786. The molecule has 4 heteroatoms. The molecule has 0 aromatic heterocycles. The maximum atomic E-state index is 3.75. The van der Waals surface area contributed by atoms with Gasteiger partial charge in [0.05, 0.1) is 0 Å². The van der Waals surface area contributed by atoms with Gasteiger partial charge in [-0.25, -0.2) is 0 Å². The van der Waals surface area contributed by atoms with Gasteiger partial charge in [0.25, 0.3) is 0 Å². The zero-order valence-electron chi connectivity index (χ0n) is 13.1. The number of likely N-dealkylation sites (tertiary alicyclic amines) is 1. The summed E-state index contributed by atoms with van der Waals surface area (Å²) in [5.74, 6) is 0.839. The van der Waals surface area contributed by atoms with E-state index in [-0.39, 0.29) is 0 Å². The van der Waals surface area contributed by atoms with E-state index in [1.807, 2.05) is 0 Å². The minimum absolute atomic E-state index is 0.662. The summed E-state index contributed by atoms with van der Waals surface area (Å²) in [5, 5.41) is 3.75. The van der Waals surface area contributed by atoms with Crippen LogP contribution in [0.25, 0.3) is 0 Å². The molecular formula is C15H32N4. The molecule has 0 aliphatic carbocycles. The van der Waals surface area contributed by atoms with Crippen LogP contribution in [0.15, 0.2) is 0 Å². The lowest BCUT2D eigenvalue weighted by Gasteiger charge is -2.35. The van der Waals surface area contributed by atoms with Gasteiger partial charge in [-0.3, -0.25) is 4.90 Å². The highest BCUT2D eigenvalue weighted by molar-refractivity contribution is 4.79. The Labute approximate surface area is 119 Å². The first-order chi connectivity index (χ1) is 9.15. The van der Waals surface area contributed by atoms with E-state index in [9.17, 15) is 0 Å². The van der Waals surface area contributed by atoms with Gasteiger partial charge < -0.3 is 15.1 Å². The van der Waals surface area contributed by atoms with E-state index in [4.69, 9.17) is 0 Å². The molecule has 0 amide bonds. The molecule has 2 aliphatic rings. The van der Waals surface area contributed by atoms with Crippen LogP contribution in [0.2, 0.25) is 0 Å². The van der Waals surface area contributed by atoms with E-state index in [2.05, 4.69) is 41.0 Å². The lowest BCUT2D eigenvalue weighted by atomic mass is 9.92. The Hall–Kier alpha value is -0.160. The second-order valence-corrected chi connectivity index (χ2v) is 6.55. The zero-order chi connectivity index (χ0) is 13.7. The number of hydrogen-bond donors (Lipinski definition) is 1. The summed E-state index contributed by atoms with van der Waals surface area (Å²) in [6.45, 7) is 12.2. The average Bonchev–Trinajstić information content (AvgIpc) is 2.41. The standard InChI is InChI=1S/C15H32N4/c1-14(15-5-4-7-18(3)13-15)16-6-8-19-11-9-17(2)10-12-19/h14-16H,4-13H2,1-3H3. The fourth-order valence-electron chi connectivity index (χ4n) is 3.30. The van der Waals surface area contributed by atoms with Crippen molar-refractivity contribution in [3.05, 3.63) is 0 Å². The first kappa shape index (κ1) is 15.2. The molecule has 4 nitrogen and oxygen atoms in total. The summed E-state index contributed by atoms with van der Waals surface area (Å²) in [6, 6.07) is 0.662. The van der Waals surface area contributed by atoms with Gasteiger partial charge in [-0.1, -0.05) is 0 Å². The Balaban J connectivity index is 1.59. The lowest BCUT2D eigenvalue weighted by molar-refractivity contribution is 0.147. The number of rotatable bonds is 5. The van der Waals surface area contributed by atoms with Gasteiger partial charge in [0.15, 0.2) is 0 Å². The monoisotopic (exact) mass is 268 g/mol. The summed E-state index contributed by atoms with van der Waals surface area (Å²) in [5.41, 5.74) is 0. The van der Waals surface area contributed by atoms with Crippen LogP contribution in [0.3, 0.4) is 0 Å². The van der Waals surface area contributed by atoms with Crippen molar-refractivity contribution in [1.82, 2.24) is 20.0 Å². The fourth-order valence-corrected chi connectivity index (χ4v) is 3.30. The summed E-state index contributed by atoms with van der Waals surface area (Å²) in [7, 11) is 4.47. The summed E-state index contributed by atoms with van der Waals surface area (Å²) >= 11 is 0. The van der Waals surface area contributed by atoms with Gasteiger partial charge in [-0.15, -0.1) is 0 Å². The molecule has 0 bridgehead atoms. The number of nitrogens with one attached hydrogen (secondary N) is 1. The number of hydrogen-bond acceptors (Lipinski definition) is 4. The molecule has 2 fully saturated rings. The van der Waals surface area contributed by atoms with Gasteiger partial charge in [0, 0.05) is 51.9 Å². The zero-order valence-corrected chi connectivity index (χ0v) is 13.1. The van der Waals surface area contributed by atoms with Crippen molar-refractivity contribution in [2.75, 3.05) is 66.5 Å². The van der Waals surface area contributed by atoms with Crippen molar-refractivity contribution >= 4 is 0 Å². The predicted octanol–water partition coefficient (Wildman–Crippen LogP) is 0.554. The minimum Gasteiger partial charge on any atom is -0.313 e. The van der Waals surface area contributed by atoms with Crippen molar-refractivity contribution in [3.8, 4) is 0 Å². The molecule has 2 aliphatic heterocycles. The highest BCUT2D eigenvalue weighted by atomic mass is 15.2. The second-order valence-electron chi connectivity index (χ2n) is 6.55. The van der Waals surface area contributed by atoms with Gasteiger partial charge in [0.1, 0.15) is 0 Å². The molecule has 1 N–H and O–H groups in total. The van der Waals surface area contributed by atoms with E-state index >= 15 is 0 Å². The predicted molar refractivity (Wildman–Crippen MR) is 81.6 cm³/mol. The van der Waals surface area contributed by atoms with Crippen LogP contribution >= 0.6 is 0 Å². The molecule has 2 rings (SSSR count). The van der Waals surface area contributed by atoms with Crippen LogP contribution in [-0.4, -0.2) is 87.2 Å². The van der Waals surface area contributed by atoms with Crippen LogP contribution in [0.4, 0.5) is 0 Å². The summed E-state index contributed by atoms with van der Waals surface area (Å²) in [6.07, 6.45) is 2.76. The van der Waals surface area contributed by atoms with E-state index in [1.54, 1.807) is 0 Å². The maximum absolute atomic E-state index is 3.75. The Kier molecular flexibility index (Phi) is 6.07. The molecule has 0 aromatic carbocycles. The average molecular weight is 268 g/mol. The largest absolute Gasteiger partial charge is 0.313 e. The Morgan fingerprint density at radius 1 is 1.05 bits per heavy atom. The lowest BCUT2D eigenvalue weighted by Crippen LogP contribution is -2.48. The molecule has 0 spiro atoms. The van der Waals surface area contributed by atoms with Gasteiger partial charge >= 0.3 is 0 Å². The third-order valence-electron chi connectivity index (χ3n) is 4.86. The first-order valence-corrected chi connectivity index (χ1v) is 7.98. The highest BCUT2D eigenvalue weighted by Gasteiger charge is 2.22. The topological polar surface area (TPSA) is 21.8 Å². The van der Waals surface area contributed by atoms with Crippen LogP contribution in [0.1, 0.15) is 19.8 Å². The molecule has 0 aromatic rings. The normalized spacial score (nSPS) is 29.5. The Bertz CT molecular complexity index is 251. The third kappa shape index (κ3) is 5.03. The number of piperazine rings is 1. The minimum atomic E-state index is 0.662. The summed E-state index contributed by atoms with van der Waals surface area (Å²) in [4.78, 5) is 7.49. The molecule has 0 saturated carbocycles. The molecule has 2 unspecified atom stereocenters. The first-order valence-electron chi connectivity index (χ1n) is 7.98. The number of likely N-dealkylation sites (N-methyl/N-ethyl adjacent to an activating group) is 1. The maximum Gasteiger partial charge on any atom is 0.0110 e. The molecular weight excluding hydrogens is 236 g/mol. The molecule has 2 atom stereocenters. The van der Waals surface area contributed by atoms with Crippen LogP contribution in [0, 0.1) is 5.92 Å². The van der Waals surface area contributed by atoms with Gasteiger partial charge in [-0.2, -0.15) is 0 Å². The van der Waals surface area contributed by atoms with Crippen molar-refractivity contribution in [3.63, 3.8) is 0 Å². The number of piperidine rings is 1. The van der Waals surface area contributed by atoms with Gasteiger partial charge in [-0.05, 0) is 46.3 Å². The SMILES string of the molecule is CC(NCCN1CCN(C)CC1)C1CCCN(C)C1. The fraction of sp³-hybridized carbons (Fsp3) is 1.00. The van der Waals surface area contributed by atoms with Crippen molar-refractivity contribution in [1.29, 1.82) is 0 Å². The molecule has 2 saturated heterocycles. The summed E-state index contributed by atoms with van der Waals surface area (Å²) < 4.78 is 0. The number of nitrogens with zero attached hydrogens (tertiary/aromatic N) is 3. The smallest absolute Gasteiger partial charge is 0.0110 e. The molecule has 112 valence electrons. The van der Waals surface area contributed by atoms with E-state index < -0.39 is 0 Å². The van der Waals surface area contributed by atoms with E-state index in [0.717, 1.165) is 12.5 Å². The third-order valence-corrected chi connectivity index (χ3v) is 4.86. The van der Waals surface area contributed by atoms with Crippen LogP contribution in [-0.2, 0) is 0 Å². The van der Waals surface area contributed by atoms with Gasteiger partial charge in [0.2, 0.25) is 0 Å². The molecule has 2 heterocycles. The molecule has 19 heavy (non-hydrogen) atoms. The van der Waals surface area contributed by atoms with Crippen molar-refractivity contribution < 1.29 is 0 Å². The Morgan fingerprint density at radius 3 is 2.47 bits per heavy atom. The van der Waals surface area contributed by atoms with Crippen molar-refractivity contribution in [2.24, 2.45) is 5.92 Å².